The first-order chi connectivity index (χ1) is 13.1. The molecule has 0 amide bonds. The molecule has 1 aromatic carbocycles. The first kappa shape index (κ1) is 17.1. The van der Waals surface area contributed by atoms with E-state index >= 15 is 0 Å². The minimum absolute atomic E-state index is 0.0223. The Bertz CT molecular complexity index is 1060. The fourth-order valence-corrected chi connectivity index (χ4v) is 2.98. The van der Waals surface area contributed by atoms with Crippen LogP contribution in [0.5, 0.6) is 0 Å². The maximum Gasteiger partial charge on any atom is 0.267 e. The lowest BCUT2D eigenvalue weighted by molar-refractivity contribution is 0.152. The molecule has 0 bridgehead atoms. The third-order valence-corrected chi connectivity index (χ3v) is 4.36. The molecular weight excluding hydrogens is 348 g/mol. The summed E-state index contributed by atoms with van der Waals surface area (Å²) in [4.78, 5) is 13.0. The molecule has 5 nitrogen and oxygen atoms in total. The van der Waals surface area contributed by atoms with Crippen molar-refractivity contribution in [3.63, 3.8) is 0 Å². The Kier molecular flexibility index (Phi) is 4.50. The molecule has 27 heavy (non-hydrogen) atoms. The van der Waals surface area contributed by atoms with E-state index in [2.05, 4.69) is 20.3 Å². The van der Waals surface area contributed by atoms with E-state index in [4.69, 9.17) is 0 Å². The fraction of sp³-hybridized carbons (Fsp3) is 0.150. The summed E-state index contributed by atoms with van der Waals surface area (Å²) in [6.45, 7) is 2.02. The van der Waals surface area contributed by atoms with Gasteiger partial charge in [0.05, 0.1) is 29.2 Å². The molecule has 136 valence electrons. The lowest BCUT2D eigenvalue weighted by Gasteiger charge is -2.14. The van der Waals surface area contributed by atoms with Crippen molar-refractivity contribution >= 4 is 11.6 Å². The van der Waals surface area contributed by atoms with Crippen LogP contribution in [0.15, 0.2) is 67.1 Å². The number of alkyl halides is 2. The molecule has 4 rings (SSSR count). The summed E-state index contributed by atoms with van der Waals surface area (Å²) in [7, 11) is 0. The SMILES string of the molecule is C[C@H](Nc1nccc(-c2cnc3c(C(F)F)cccn23)n1)c1ccccc1. The van der Waals surface area contributed by atoms with Crippen LogP contribution in [0.1, 0.15) is 30.5 Å². The Morgan fingerprint density at radius 2 is 1.81 bits per heavy atom. The third-order valence-electron chi connectivity index (χ3n) is 4.36. The number of nitrogens with one attached hydrogen (secondary N) is 1. The lowest BCUT2D eigenvalue weighted by Crippen LogP contribution is -2.09. The second kappa shape index (κ2) is 7.11. The molecule has 0 spiro atoms. The monoisotopic (exact) mass is 365 g/mol. The van der Waals surface area contributed by atoms with E-state index in [0.29, 0.717) is 17.3 Å². The molecule has 3 heterocycles. The number of rotatable bonds is 5. The van der Waals surface area contributed by atoms with Crippen LogP contribution in [0.3, 0.4) is 0 Å². The summed E-state index contributed by atoms with van der Waals surface area (Å²) in [5, 5.41) is 3.27. The molecular formula is C20H17F2N5. The summed E-state index contributed by atoms with van der Waals surface area (Å²) in [5.74, 6) is 0.462. The van der Waals surface area contributed by atoms with Crippen molar-refractivity contribution in [2.75, 3.05) is 5.32 Å². The number of halogens is 2. The molecule has 1 atom stereocenters. The number of hydrogen-bond acceptors (Lipinski definition) is 4. The molecule has 1 N–H and O–H groups in total. The Hall–Kier alpha value is -3.35. The van der Waals surface area contributed by atoms with Crippen LogP contribution in [0.2, 0.25) is 0 Å². The van der Waals surface area contributed by atoms with Crippen molar-refractivity contribution in [3.8, 4) is 11.4 Å². The van der Waals surface area contributed by atoms with Crippen LogP contribution < -0.4 is 5.32 Å². The maximum absolute atomic E-state index is 13.2. The zero-order valence-electron chi connectivity index (χ0n) is 14.6. The van der Waals surface area contributed by atoms with Gasteiger partial charge in [-0.25, -0.2) is 23.7 Å². The van der Waals surface area contributed by atoms with E-state index in [-0.39, 0.29) is 17.3 Å². The highest BCUT2D eigenvalue weighted by Gasteiger charge is 2.16. The van der Waals surface area contributed by atoms with Gasteiger partial charge in [-0.3, -0.25) is 4.40 Å². The van der Waals surface area contributed by atoms with Crippen LogP contribution >= 0.6 is 0 Å². The van der Waals surface area contributed by atoms with E-state index in [9.17, 15) is 8.78 Å². The molecule has 4 aromatic rings. The summed E-state index contributed by atoms with van der Waals surface area (Å²) < 4.78 is 28.0. The van der Waals surface area contributed by atoms with Gasteiger partial charge >= 0.3 is 0 Å². The Morgan fingerprint density at radius 3 is 2.59 bits per heavy atom. The summed E-state index contributed by atoms with van der Waals surface area (Å²) in [6.07, 6.45) is 2.30. The zero-order valence-corrected chi connectivity index (χ0v) is 14.6. The maximum atomic E-state index is 13.2. The van der Waals surface area contributed by atoms with Gasteiger partial charge in [0.15, 0.2) is 0 Å². The van der Waals surface area contributed by atoms with E-state index < -0.39 is 6.43 Å². The second-order valence-electron chi connectivity index (χ2n) is 6.14. The van der Waals surface area contributed by atoms with Gasteiger partial charge in [0, 0.05) is 12.4 Å². The van der Waals surface area contributed by atoms with E-state index in [0.717, 1.165) is 5.56 Å². The van der Waals surface area contributed by atoms with Gasteiger partial charge in [0.1, 0.15) is 5.65 Å². The fourth-order valence-electron chi connectivity index (χ4n) is 2.98. The first-order valence-electron chi connectivity index (χ1n) is 8.52. The molecule has 0 aliphatic heterocycles. The van der Waals surface area contributed by atoms with Gasteiger partial charge in [-0.05, 0) is 30.7 Å². The number of fused-ring (bicyclic) bond motifs is 1. The van der Waals surface area contributed by atoms with Crippen LogP contribution in [-0.4, -0.2) is 19.4 Å². The smallest absolute Gasteiger partial charge is 0.267 e. The number of anilines is 1. The number of benzene rings is 1. The molecule has 0 saturated carbocycles. The van der Waals surface area contributed by atoms with Gasteiger partial charge in [-0.2, -0.15) is 0 Å². The van der Waals surface area contributed by atoms with E-state index in [1.807, 2.05) is 37.3 Å². The third kappa shape index (κ3) is 3.36. The van der Waals surface area contributed by atoms with Gasteiger partial charge in [0.2, 0.25) is 5.95 Å². The Labute approximate surface area is 154 Å². The number of pyridine rings is 1. The normalized spacial score (nSPS) is 12.4. The molecule has 0 radical (unpaired) electrons. The summed E-state index contributed by atoms with van der Waals surface area (Å²) in [6, 6.07) is 14.7. The highest BCUT2D eigenvalue weighted by Crippen LogP contribution is 2.27. The molecule has 0 fully saturated rings. The highest BCUT2D eigenvalue weighted by atomic mass is 19.3. The Balaban J connectivity index is 1.67. The van der Waals surface area contributed by atoms with Crippen molar-refractivity contribution in [1.29, 1.82) is 0 Å². The van der Waals surface area contributed by atoms with Gasteiger partial charge < -0.3 is 5.32 Å². The zero-order chi connectivity index (χ0) is 18.8. The molecule has 0 aliphatic carbocycles. The summed E-state index contributed by atoms with van der Waals surface area (Å²) in [5.41, 5.74) is 2.47. The minimum Gasteiger partial charge on any atom is -0.348 e. The van der Waals surface area contributed by atoms with Crippen LogP contribution in [0.4, 0.5) is 14.7 Å². The molecule has 0 saturated heterocycles. The number of nitrogens with zero attached hydrogens (tertiary/aromatic N) is 4. The predicted molar refractivity (Wildman–Crippen MR) is 99.7 cm³/mol. The largest absolute Gasteiger partial charge is 0.348 e. The topological polar surface area (TPSA) is 55.1 Å². The minimum atomic E-state index is -2.58. The van der Waals surface area contributed by atoms with Crippen LogP contribution in [0, 0.1) is 0 Å². The van der Waals surface area contributed by atoms with E-state index in [1.54, 1.807) is 35.1 Å². The highest BCUT2D eigenvalue weighted by molar-refractivity contribution is 5.63. The van der Waals surface area contributed by atoms with E-state index in [1.165, 1.54) is 6.07 Å². The number of imidazole rings is 1. The molecule has 0 unspecified atom stereocenters. The second-order valence-corrected chi connectivity index (χ2v) is 6.14. The first-order valence-corrected chi connectivity index (χ1v) is 8.52. The molecule has 3 aromatic heterocycles. The number of hydrogen-bond donors (Lipinski definition) is 1. The van der Waals surface area contributed by atoms with Gasteiger partial charge in [-0.1, -0.05) is 30.3 Å². The lowest BCUT2D eigenvalue weighted by atomic mass is 10.1. The quantitative estimate of drug-likeness (QED) is 0.546. The van der Waals surface area contributed by atoms with Crippen molar-refractivity contribution < 1.29 is 8.78 Å². The van der Waals surface area contributed by atoms with Crippen molar-refractivity contribution in [3.05, 3.63) is 78.2 Å². The van der Waals surface area contributed by atoms with Crippen LogP contribution in [-0.2, 0) is 0 Å². The summed E-state index contributed by atoms with van der Waals surface area (Å²) >= 11 is 0. The van der Waals surface area contributed by atoms with Crippen molar-refractivity contribution in [1.82, 2.24) is 19.4 Å². The molecule has 7 heteroatoms. The standard InChI is InChI=1S/C20H17F2N5/c1-13(14-6-3-2-4-7-14)25-20-23-10-9-16(26-20)17-12-24-19-15(18(21)22)8-5-11-27(17)19/h2-13,18H,1H3,(H,23,25,26)/t13-/m0/s1. The predicted octanol–water partition coefficient (Wildman–Crippen LogP) is 4.90. The number of aromatic nitrogens is 4. The Morgan fingerprint density at radius 1 is 1.00 bits per heavy atom. The van der Waals surface area contributed by atoms with Crippen molar-refractivity contribution in [2.45, 2.75) is 19.4 Å². The average Bonchev–Trinajstić information content (AvgIpc) is 3.13. The average molecular weight is 365 g/mol. The van der Waals surface area contributed by atoms with Gasteiger partial charge in [0.25, 0.3) is 6.43 Å². The van der Waals surface area contributed by atoms with Crippen molar-refractivity contribution in [2.24, 2.45) is 0 Å². The van der Waals surface area contributed by atoms with Crippen LogP contribution in [0.25, 0.3) is 17.0 Å². The molecule has 0 aliphatic rings. The van der Waals surface area contributed by atoms with Gasteiger partial charge in [-0.15, -0.1) is 0 Å².